The summed E-state index contributed by atoms with van der Waals surface area (Å²) in [6, 6.07) is 11.6. The molecule has 6 nitrogen and oxygen atoms in total. The lowest BCUT2D eigenvalue weighted by molar-refractivity contribution is 0.0976. The monoisotopic (exact) mass is 421 g/mol. The van der Waals surface area contributed by atoms with Crippen LogP contribution in [-0.4, -0.2) is 28.2 Å². The van der Waals surface area contributed by atoms with Gasteiger partial charge < -0.3 is 5.32 Å². The molecule has 162 valence electrons. The molecule has 0 aliphatic carbocycles. The van der Waals surface area contributed by atoms with Crippen LogP contribution in [0.2, 0.25) is 0 Å². The minimum Gasteiger partial charge on any atom is -0.326 e. The maximum Gasteiger partial charge on any atom is 0.258 e. The first-order valence-electron chi connectivity index (χ1n) is 10.2. The smallest absolute Gasteiger partial charge is 0.258 e. The van der Waals surface area contributed by atoms with Crippen LogP contribution in [0.5, 0.6) is 0 Å². The highest BCUT2D eigenvalue weighted by Gasteiger charge is 2.12. The number of aliphatic imine (C=N–C) groups is 1. The molecule has 0 unspecified atom stereocenters. The van der Waals surface area contributed by atoms with Gasteiger partial charge in [-0.3, -0.25) is 19.8 Å². The number of carbonyl (C=O) groups excluding carboxylic acids is 1. The van der Waals surface area contributed by atoms with Crippen LogP contribution in [0, 0.1) is 33.5 Å². The maximum atomic E-state index is 13.5. The number of aromatic nitrogens is 2. The number of halogens is 1. The number of guanidine groups is 1. The minimum absolute atomic E-state index is 0.230. The van der Waals surface area contributed by atoms with E-state index in [4.69, 9.17) is 0 Å². The molecule has 0 aliphatic heterocycles. The number of rotatable bonds is 5. The molecule has 0 bridgehead atoms. The molecule has 0 aliphatic rings. The number of hydrogen-bond donors (Lipinski definition) is 2. The van der Waals surface area contributed by atoms with Crippen molar-refractivity contribution in [3.63, 3.8) is 0 Å². The van der Waals surface area contributed by atoms with E-state index in [0.29, 0.717) is 18.9 Å². The van der Waals surface area contributed by atoms with Crippen LogP contribution in [0.15, 0.2) is 47.5 Å². The molecule has 1 heterocycles. The lowest BCUT2D eigenvalue weighted by atomic mass is 10.1. The van der Waals surface area contributed by atoms with Crippen LogP contribution in [0.4, 0.5) is 10.1 Å². The Morgan fingerprint density at radius 2 is 1.81 bits per heavy atom. The van der Waals surface area contributed by atoms with Gasteiger partial charge in [-0.25, -0.2) is 4.39 Å². The highest BCUT2D eigenvalue weighted by Crippen LogP contribution is 2.15. The fourth-order valence-electron chi connectivity index (χ4n) is 3.56. The molecule has 0 atom stereocenters. The Labute approximate surface area is 182 Å². The number of hydrogen-bond acceptors (Lipinski definition) is 3. The predicted molar refractivity (Wildman–Crippen MR) is 122 cm³/mol. The van der Waals surface area contributed by atoms with E-state index >= 15 is 0 Å². The van der Waals surface area contributed by atoms with Gasteiger partial charge in [-0.15, -0.1) is 0 Å². The quantitative estimate of drug-likeness (QED) is 0.478. The Kier molecular flexibility index (Phi) is 6.84. The molecule has 0 spiro atoms. The summed E-state index contributed by atoms with van der Waals surface area (Å²) in [5.41, 5.74) is 6.47. The van der Waals surface area contributed by atoms with E-state index in [1.54, 1.807) is 6.07 Å². The third-order valence-corrected chi connectivity index (χ3v) is 5.09. The molecule has 0 radical (unpaired) electrons. The zero-order chi connectivity index (χ0) is 22.5. The van der Waals surface area contributed by atoms with Gasteiger partial charge in [0.15, 0.2) is 0 Å². The van der Waals surface area contributed by atoms with Gasteiger partial charge in [0, 0.05) is 30.5 Å². The Balaban J connectivity index is 1.82. The number of aryl methyl sites for hydroxylation is 4. The molecular weight excluding hydrogens is 393 g/mol. The summed E-state index contributed by atoms with van der Waals surface area (Å²) in [5, 5.41) is 10.4. The van der Waals surface area contributed by atoms with Crippen molar-refractivity contribution in [2.24, 2.45) is 12.0 Å². The van der Waals surface area contributed by atoms with E-state index in [-0.39, 0.29) is 5.56 Å². The zero-order valence-electron chi connectivity index (χ0n) is 18.6. The van der Waals surface area contributed by atoms with Gasteiger partial charge in [0.05, 0.1) is 5.69 Å². The molecule has 2 N–H and O–H groups in total. The van der Waals surface area contributed by atoms with E-state index < -0.39 is 11.7 Å². The first-order valence-corrected chi connectivity index (χ1v) is 10.2. The van der Waals surface area contributed by atoms with Crippen molar-refractivity contribution in [1.29, 1.82) is 0 Å². The van der Waals surface area contributed by atoms with Gasteiger partial charge in [0.25, 0.3) is 5.91 Å². The summed E-state index contributed by atoms with van der Waals surface area (Å²) < 4.78 is 15.4. The molecule has 31 heavy (non-hydrogen) atoms. The molecule has 1 aromatic heterocycles. The maximum absolute atomic E-state index is 13.5. The van der Waals surface area contributed by atoms with Crippen molar-refractivity contribution in [2.45, 2.75) is 34.1 Å². The fraction of sp³-hybridized carbons (Fsp3) is 0.292. The van der Waals surface area contributed by atoms with E-state index in [2.05, 4.69) is 26.8 Å². The standard InChI is InChI=1S/C24H28FN5O/c1-15-11-16(2)13-21(12-15)27-24(28-23(31)19-7-6-8-20(25)14-19)26-10-9-22-17(3)29-30(5)18(22)4/h6-8,11-14H,9-10H2,1-5H3,(H2,26,27,28,31). The average Bonchev–Trinajstić information content (AvgIpc) is 2.93. The first-order chi connectivity index (χ1) is 14.7. The fourth-order valence-corrected chi connectivity index (χ4v) is 3.56. The molecule has 0 fully saturated rings. The van der Waals surface area contributed by atoms with Crippen molar-refractivity contribution in [2.75, 3.05) is 11.9 Å². The molecule has 0 saturated carbocycles. The second-order valence-corrected chi connectivity index (χ2v) is 7.72. The Morgan fingerprint density at radius 1 is 1.10 bits per heavy atom. The molecule has 1 amide bonds. The number of amides is 1. The minimum atomic E-state index is -0.462. The largest absolute Gasteiger partial charge is 0.326 e. The zero-order valence-corrected chi connectivity index (χ0v) is 18.6. The summed E-state index contributed by atoms with van der Waals surface area (Å²) in [6.07, 6.45) is 0.694. The number of carbonyl (C=O) groups is 1. The SMILES string of the molecule is Cc1cc(C)cc(NC(=NCCc2c(C)nn(C)c2C)NC(=O)c2cccc(F)c2)c1. The van der Waals surface area contributed by atoms with Gasteiger partial charge in [-0.05, 0) is 81.1 Å². The van der Waals surface area contributed by atoms with Crippen molar-refractivity contribution in [3.05, 3.63) is 81.9 Å². The summed E-state index contributed by atoms with van der Waals surface area (Å²) in [7, 11) is 1.92. The van der Waals surface area contributed by atoms with Crippen LogP contribution in [0.3, 0.4) is 0 Å². The Bertz CT molecular complexity index is 1110. The molecule has 3 rings (SSSR count). The average molecular weight is 422 g/mol. The first kappa shape index (κ1) is 22.2. The second-order valence-electron chi connectivity index (χ2n) is 7.72. The van der Waals surface area contributed by atoms with E-state index in [0.717, 1.165) is 33.8 Å². The lowest BCUT2D eigenvalue weighted by Gasteiger charge is -2.13. The van der Waals surface area contributed by atoms with E-state index in [1.165, 1.54) is 18.2 Å². The third kappa shape index (κ3) is 5.78. The number of benzene rings is 2. The van der Waals surface area contributed by atoms with Crippen molar-refractivity contribution >= 4 is 17.6 Å². The Morgan fingerprint density at radius 3 is 2.42 bits per heavy atom. The van der Waals surface area contributed by atoms with Crippen molar-refractivity contribution in [1.82, 2.24) is 15.1 Å². The molecular formula is C24H28FN5O. The number of nitrogens with zero attached hydrogens (tertiary/aromatic N) is 3. The van der Waals surface area contributed by atoms with Crippen LogP contribution < -0.4 is 10.6 Å². The van der Waals surface area contributed by atoms with Crippen molar-refractivity contribution < 1.29 is 9.18 Å². The lowest BCUT2D eigenvalue weighted by Crippen LogP contribution is -2.36. The van der Waals surface area contributed by atoms with Gasteiger partial charge in [0.1, 0.15) is 5.82 Å². The van der Waals surface area contributed by atoms with Crippen LogP contribution in [0.1, 0.15) is 38.4 Å². The van der Waals surface area contributed by atoms with Crippen molar-refractivity contribution in [3.8, 4) is 0 Å². The topological polar surface area (TPSA) is 71.3 Å². The summed E-state index contributed by atoms with van der Waals surface area (Å²) in [4.78, 5) is 17.3. The normalized spacial score (nSPS) is 11.5. The molecule has 2 aromatic carbocycles. The highest BCUT2D eigenvalue weighted by molar-refractivity contribution is 6.10. The second kappa shape index (κ2) is 9.55. The van der Waals surface area contributed by atoms with Crippen LogP contribution in [0.25, 0.3) is 0 Å². The van der Waals surface area contributed by atoms with E-state index in [1.807, 2.05) is 51.6 Å². The summed E-state index contributed by atoms with van der Waals surface area (Å²) in [5.74, 6) is -0.571. The molecule has 0 saturated heterocycles. The predicted octanol–water partition coefficient (Wildman–Crippen LogP) is 4.23. The molecule has 7 heteroatoms. The third-order valence-electron chi connectivity index (χ3n) is 5.09. The highest BCUT2D eigenvalue weighted by atomic mass is 19.1. The van der Waals surface area contributed by atoms with Gasteiger partial charge in [-0.1, -0.05) is 12.1 Å². The number of nitrogens with one attached hydrogen (secondary N) is 2. The van der Waals surface area contributed by atoms with Crippen LogP contribution in [-0.2, 0) is 13.5 Å². The van der Waals surface area contributed by atoms with Gasteiger partial charge in [-0.2, -0.15) is 5.10 Å². The Hall–Kier alpha value is -3.48. The van der Waals surface area contributed by atoms with Gasteiger partial charge in [0.2, 0.25) is 5.96 Å². The summed E-state index contributed by atoms with van der Waals surface area (Å²) >= 11 is 0. The van der Waals surface area contributed by atoms with Crippen LogP contribution >= 0.6 is 0 Å². The summed E-state index contributed by atoms with van der Waals surface area (Å²) in [6.45, 7) is 8.48. The molecule has 3 aromatic rings. The number of anilines is 1. The van der Waals surface area contributed by atoms with E-state index in [9.17, 15) is 9.18 Å². The van der Waals surface area contributed by atoms with Gasteiger partial charge >= 0.3 is 0 Å².